The van der Waals surface area contributed by atoms with Crippen molar-refractivity contribution in [1.82, 2.24) is 24.8 Å². The van der Waals surface area contributed by atoms with Crippen LogP contribution in [-0.4, -0.2) is 57.9 Å². The minimum absolute atomic E-state index is 0.0398. The molecule has 2 aromatic heterocycles. The van der Waals surface area contributed by atoms with Crippen molar-refractivity contribution in [1.29, 1.82) is 0 Å². The predicted molar refractivity (Wildman–Crippen MR) is 175 cm³/mol. The monoisotopic (exact) mass is 644 g/mol. The van der Waals surface area contributed by atoms with Gasteiger partial charge in [0.25, 0.3) is 15.9 Å². The maximum absolute atomic E-state index is 14.3. The molecule has 4 aromatic rings. The molecule has 242 valence electrons. The molecular weight excluding hydrogens is 604 g/mol. The van der Waals surface area contributed by atoms with Crippen molar-refractivity contribution in [2.75, 3.05) is 11.3 Å². The normalized spacial score (nSPS) is 16.9. The van der Waals surface area contributed by atoms with Gasteiger partial charge < -0.3 is 14.4 Å². The van der Waals surface area contributed by atoms with Crippen LogP contribution in [0.1, 0.15) is 61.9 Å². The highest BCUT2D eigenvalue weighted by Gasteiger charge is 2.33. The van der Waals surface area contributed by atoms with Crippen molar-refractivity contribution in [3.63, 3.8) is 0 Å². The van der Waals surface area contributed by atoms with Gasteiger partial charge >= 0.3 is 0 Å². The van der Waals surface area contributed by atoms with Gasteiger partial charge in [0.15, 0.2) is 5.75 Å². The van der Waals surface area contributed by atoms with E-state index in [4.69, 9.17) is 9.47 Å². The molecule has 1 amide bonds. The Labute approximate surface area is 270 Å². The van der Waals surface area contributed by atoms with Crippen LogP contribution >= 0.6 is 0 Å². The number of rotatable bonds is 7. The zero-order valence-electron chi connectivity index (χ0n) is 27.2. The molecule has 2 atom stereocenters. The number of fused-ring (bicyclic) bond motifs is 4. The first kappa shape index (κ1) is 32.8. The Morgan fingerprint density at radius 3 is 2.30 bits per heavy atom. The van der Waals surface area contributed by atoms with Crippen molar-refractivity contribution in [3.05, 3.63) is 83.4 Å². The Morgan fingerprint density at radius 2 is 1.65 bits per heavy atom. The first-order valence-electron chi connectivity index (χ1n) is 15.3. The number of benzene rings is 2. The molecule has 0 aliphatic carbocycles. The Bertz CT molecular complexity index is 1810. The molecule has 12 heteroatoms. The summed E-state index contributed by atoms with van der Waals surface area (Å²) < 4.78 is 41.8. The molecule has 2 unspecified atom stereocenters. The number of carbonyl (C=O) groups excluding carboxylic acids is 1. The van der Waals surface area contributed by atoms with E-state index in [1.165, 1.54) is 12.1 Å². The van der Waals surface area contributed by atoms with Crippen LogP contribution < -0.4 is 14.2 Å². The van der Waals surface area contributed by atoms with Crippen LogP contribution in [0.25, 0.3) is 11.3 Å². The van der Waals surface area contributed by atoms with Crippen LogP contribution in [0.4, 0.5) is 5.95 Å². The molecule has 4 bridgehead atoms. The highest BCUT2D eigenvalue weighted by molar-refractivity contribution is 7.92. The van der Waals surface area contributed by atoms with Crippen LogP contribution in [0.5, 0.6) is 11.6 Å². The van der Waals surface area contributed by atoms with Crippen molar-refractivity contribution in [2.24, 2.45) is 11.8 Å². The van der Waals surface area contributed by atoms with Crippen molar-refractivity contribution in [2.45, 2.75) is 72.1 Å². The molecule has 1 aliphatic heterocycles. The van der Waals surface area contributed by atoms with Gasteiger partial charge in [0, 0.05) is 17.2 Å². The van der Waals surface area contributed by atoms with Gasteiger partial charge in [-0.25, -0.2) is 28.1 Å². The van der Waals surface area contributed by atoms with Crippen LogP contribution in [0, 0.1) is 25.7 Å². The Kier molecular flexibility index (Phi) is 9.57. The third kappa shape index (κ3) is 7.28. The molecule has 5 rings (SSSR count). The predicted octanol–water partition coefficient (Wildman–Crippen LogP) is 5.83. The van der Waals surface area contributed by atoms with Crippen molar-refractivity contribution < 1.29 is 22.7 Å². The molecule has 0 spiro atoms. The van der Waals surface area contributed by atoms with Gasteiger partial charge in [0.1, 0.15) is 12.4 Å². The Balaban J connectivity index is 1.65. The van der Waals surface area contributed by atoms with E-state index in [9.17, 15) is 13.2 Å². The second-order valence-corrected chi connectivity index (χ2v) is 13.9. The second kappa shape index (κ2) is 13.4. The minimum Gasteiger partial charge on any atom is -0.488 e. The summed E-state index contributed by atoms with van der Waals surface area (Å²) in [5.41, 5.74) is 3.51. The van der Waals surface area contributed by atoms with Gasteiger partial charge in [-0.1, -0.05) is 45.0 Å². The van der Waals surface area contributed by atoms with E-state index in [2.05, 4.69) is 45.4 Å². The number of aromatic nitrogens is 4. The summed E-state index contributed by atoms with van der Waals surface area (Å²) in [6.07, 6.45) is 3.13. The molecule has 2 aromatic carbocycles. The van der Waals surface area contributed by atoms with Crippen LogP contribution in [0.15, 0.2) is 65.8 Å². The number of sulfonamides is 1. The SMILES string of the molecule is Cc1cccc(C)c1-c1cc2nc(n1)NS(=O)(=O)c1cccc(c1)C(=O)N(Cc1ncc(OC(C)C)cn1)C(C(C)C(C)C)CO2. The number of nitrogens with one attached hydrogen (secondary N) is 1. The van der Waals surface area contributed by atoms with Crippen molar-refractivity contribution in [3.8, 4) is 22.9 Å². The van der Waals surface area contributed by atoms with Crippen LogP contribution in [0.3, 0.4) is 0 Å². The fourth-order valence-electron chi connectivity index (χ4n) is 5.42. The van der Waals surface area contributed by atoms with Gasteiger partial charge in [-0.15, -0.1) is 0 Å². The zero-order chi connectivity index (χ0) is 33.2. The van der Waals surface area contributed by atoms with E-state index in [1.54, 1.807) is 35.5 Å². The standard InChI is InChI=1S/C34H40N6O5S/c1-20(2)24(7)29-19-44-31-15-28(32-22(5)10-8-11-23(32)6)37-34(38-31)39-46(42,43)27-13-9-12-25(14-27)33(41)40(29)18-30-35-16-26(17-36-30)45-21(3)4/h8-17,20-21,24,29H,18-19H2,1-7H3,(H,37,38,39). The lowest BCUT2D eigenvalue weighted by molar-refractivity contribution is 0.0425. The zero-order valence-corrected chi connectivity index (χ0v) is 28.0. The fourth-order valence-corrected chi connectivity index (χ4v) is 6.41. The molecule has 11 nitrogen and oxygen atoms in total. The number of amides is 1. The van der Waals surface area contributed by atoms with E-state index in [-0.39, 0.29) is 59.3 Å². The van der Waals surface area contributed by atoms with E-state index in [1.807, 2.05) is 45.9 Å². The largest absolute Gasteiger partial charge is 0.488 e. The van der Waals surface area contributed by atoms with Gasteiger partial charge in [0.05, 0.1) is 41.7 Å². The summed E-state index contributed by atoms with van der Waals surface area (Å²) in [5, 5.41) is 0. The highest BCUT2D eigenvalue weighted by Crippen LogP contribution is 2.31. The van der Waals surface area contributed by atoms with Gasteiger partial charge in [-0.3, -0.25) is 4.79 Å². The third-order valence-electron chi connectivity index (χ3n) is 8.14. The molecule has 46 heavy (non-hydrogen) atoms. The summed E-state index contributed by atoms with van der Waals surface area (Å²) in [6, 6.07) is 13.1. The van der Waals surface area contributed by atoms with Gasteiger partial charge in [0.2, 0.25) is 11.8 Å². The lowest BCUT2D eigenvalue weighted by atomic mass is 9.89. The lowest BCUT2D eigenvalue weighted by Crippen LogP contribution is -2.48. The number of aryl methyl sites for hydroxylation is 2. The number of hydrogen-bond donors (Lipinski definition) is 1. The topological polar surface area (TPSA) is 136 Å². The number of hydrogen-bond acceptors (Lipinski definition) is 9. The summed E-state index contributed by atoms with van der Waals surface area (Å²) in [4.78, 5) is 33.9. The van der Waals surface area contributed by atoms with Crippen molar-refractivity contribution >= 4 is 21.9 Å². The first-order chi connectivity index (χ1) is 21.8. The lowest BCUT2D eigenvalue weighted by Gasteiger charge is -2.37. The Hall–Kier alpha value is -4.58. The summed E-state index contributed by atoms with van der Waals surface area (Å²) in [5.74, 6) is 0.725. The average Bonchev–Trinajstić information content (AvgIpc) is 3.00. The number of ether oxygens (including phenoxy) is 2. The molecule has 3 heterocycles. The average molecular weight is 645 g/mol. The molecule has 0 saturated carbocycles. The van der Waals surface area contributed by atoms with Crippen LogP contribution in [-0.2, 0) is 16.6 Å². The smallest absolute Gasteiger partial charge is 0.264 e. The summed E-state index contributed by atoms with van der Waals surface area (Å²) >= 11 is 0. The fraction of sp³-hybridized carbons (Fsp3) is 0.382. The van der Waals surface area contributed by atoms with E-state index >= 15 is 0 Å². The molecule has 1 aliphatic rings. The molecule has 0 fully saturated rings. The Morgan fingerprint density at radius 1 is 0.978 bits per heavy atom. The second-order valence-electron chi connectivity index (χ2n) is 12.2. The maximum atomic E-state index is 14.3. The number of anilines is 1. The number of nitrogens with zero attached hydrogens (tertiary/aromatic N) is 5. The summed E-state index contributed by atoms with van der Waals surface area (Å²) in [6.45, 7) is 14.1. The third-order valence-corrected chi connectivity index (χ3v) is 9.47. The van der Waals surface area contributed by atoms with Crippen LogP contribution in [0.2, 0.25) is 0 Å². The molecule has 1 N–H and O–H groups in total. The quantitative estimate of drug-likeness (QED) is 0.263. The van der Waals surface area contributed by atoms with Gasteiger partial charge in [-0.05, 0) is 68.9 Å². The molecule has 0 saturated heterocycles. The summed E-state index contributed by atoms with van der Waals surface area (Å²) in [7, 11) is -4.18. The van der Waals surface area contributed by atoms with E-state index in [0.29, 0.717) is 17.3 Å². The van der Waals surface area contributed by atoms with E-state index < -0.39 is 16.1 Å². The van der Waals surface area contributed by atoms with Gasteiger partial charge in [-0.2, -0.15) is 4.98 Å². The molecule has 0 radical (unpaired) electrons. The molecular formula is C34H40N6O5S. The first-order valence-corrected chi connectivity index (χ1v) is 16.8. The minimum atomic E-state index is -4.18. The maximum Gasteiger partial charge on any atom is 0.264 e. The van der Waals surface area contributed by atoms with E-state index in [0.717, 1.165) is 16.7 Å². The number of carbonyl (C=O) groups is 1. The highest BCUT2D eigenvalue weighted by atomic mass is 32.2.